The Morgan fingerprint density at radius 3 is 2.67 bits per heavy atom. The van der Waals surface area contributed by atoms with Crippen molar-refractivity contribution in [3.05, 3.63) is 24.0 Å². The van der Waals surface area contributed by atoms with Gasteiger partial charge >= 0.3 is 0 Å². The van der Waals surface area contributed by atoms with E-state index in [2.05, 4.69) is 27.9 Å². The number of nitrogens with zero attached hydrogens (tertiary/aromatic N) is 1. The fraction of sp³-hybridized carbons (Fsp3) is 0.500. The zero-order valence-corrected chi connectivity index (χ0v) is 12.4. The highest BCUT2D eigenvalue weighted by Crippen LogP contribution is 2.05. The molecule has 7 heteroatoms. The molecule has 21 heavy (non-hydrogen) atoms. The number of anilines is 1. The Balaban J connectivity index is 2.36. The first kappa shape index (κ1) is 16.9. The number of carbonyl (C=O) groups excluding carboxylic acids is 2. The molecule has 0 atom stereocenters. The second kappa shape index (κ2) is 9.71. The van der Waals surface area contributed by atoms with Gasteiger partial charge in [-0.3, -0.25) is 9.59 Å². The van der Waals surface area contributed by atoms with Crippen molar-refractivity contribution in [1.29, 1.82) is 0 Å². The highest BCUT2D eigenvalue weighted by Gasteiger charge is 2.08. The SMILES string of the molecule is CCCNc1ccc(C(=O)NCC(=O)NCCOC)nc1. The number of nitrogens with one attached hydrogen (secondary N) is 3. The topological polar surface area (TPSA) is 92.4 Å². The summed E-state index contributed by atoms with van der Waals surface area (Å²) in [4.78, 5) is 27.3. The zero-order valence-electron chi connectivity index (χ0n) is 12.4. The molecule has 1 heterocycles. The van der Waals surface area contributed by atoms with E-state index in [1.807, 2.05) is 0 Å². The molecule has 3 N–H and O–H groups in total. The van der Waals surface area contributed by atoms with Gasteiger partial charge in [-0.25, -0.2) is 4.98 Å². The highest BCUT2D eigenvalue weighted by atomic mass is 16.5. The Hall–Kier alpha value is -2.15. The number of carbonyl (C=O) groups is 2. The summed E-state index contributed by atoms with van der Waals surface area (Å²) in [5.74, 6) is -0.638. The van der Waals surface area contributed by atoms with E-state index in [1.54, 1.807) is 25.4 Å². The van der Waals surface area contributed by atoms with Crippen LogP contribution in [-0.4, -0.2) is 50.1 Å². The summed E-state index contributed by atoms with van der Waals surface area (Å²) in [5, 5.41) is 8.30. The Morgan fingerprint density at radius 1 is 1.24 bits per heavy atom. The van der Waals surface area contributed by atoms with Gasteiger partial charge in [0.2, 0.25) is 5.91 Å². The van der Waals surface area contributed by atoms with Crippen LogP contribution >= 0.6 is 0 Å². The summed E-state index contributed by atoms with van der Waals surface area (Å²) in [5.41, 5.74) is 1.15. The number of hydrogen-bond donors (Lipinski definition) is 3. The van der Waals surface area contributed by atoms with E-state index in [1.165, 1.54) is 0 Å². The molecule has 0 bridgehead atoms. The minimum Gasteiger partial charge on any atom is -0.384 e. The van der Waals surface area contributed by atoms with Crippen molar-refractivity contribution in [3.63, 3.8) is 0 Å². The van der Waals surface area contributed by atoms with Gasteiger partial charge in [-0.15, -0.1) is 0 Å². The normalized spacial score (nSPS) is 10.0. The summed E-state index contributed by atoms with van der Waals surface area (Å²) in [6.45, 7) is 3.70. The Kier molecular flexibility index (Phi) is 7.81. The van der Waals surface area contributed by atoms with Gasteiger partial charge in [0.15, 0.2) is 0 Å². The second-order valence-corrected chi connectivity index (χ2v) is 4.38. The first-order valence-electron chi connectivity index (χ1n) is 6.91. The smallest absolute Gasteiger partial charge is 0.270 e. The van der Waals surface area contributed by atoms with Crippen LogP contribution < -0.4 is 16.0 Å². The van der Waals surface area contributed by atoms with Gasteiger partial charge in [-0.2, -0.15) is 0 Å². The molecule has 0 saturated carbocycles. The molecule has 0 saturated heterocycles. The third kappa shape index (κ3) is 6.71. The number of rotatable bonds is 9. The van der Waals surface area contributed by atoms with E-state index in [-0.39, 0.29) is 24.1 Å². The minimum atomic E-state index is -0.376. The van der Waals surface area contributed by atoms with Gasteiger partial charge in [-0.1, -0.05) is 6.92 Å². The van der Waals surface area contributed by atoms with Gasteiger partial charge in [0.1, 0.15) is 5.69 Å². The molecule has 1 rings (SSSR count). The van der Waals surface area contributed by atoms with E-state index in [4.69, 9.17) is 4.74 Å². The van der Waals surface area contributed by atoms with Crippen LogP contribution in [0.25, 0.3) is 0 Å². The number of aromatic nitrogens is 1. The molecule has 116 valence electrons. The molecule has 1 aromatic rings. The molecule has 0 aliphatic carbocycles. The maximum absolute atomic E-state index is 11.8. The van der Waals surface area contributed by atoms with Gasteiger partial charge in [0.25, 0.3) is 5.91 Å². The predicted molar refractivity (Wildman–Crippen MR) is 80.2 cm³/mol. The van der Waals surface area contributed by atoms with E-state index >= 15 is 0 Å². The standard InChI is InChI=1S/C14H22N4O3/c1-3-6-15-11-4-5-12(17-9-11)14(20)18-10-13(19)16-7-8-21-2/h4-5,9,15H,3,6-8,10H2,1-2H3,(H,16,19)(H,18,20). The second-order valence-electron chi connectivity index (χ2n) is 4.38. The van der Waals surface area contributed by atoms with Crippen LogP contribution in [0.15, 0.2) is 18.3 Å². The molecule has 0 spiro atoms. The molecular weight excluding hydrogens is 272 g/mol. The Bertz CT molecular complexity index is 448. The van der Waals surface area contributed by atoms with Crippen LogP contribution in [0, 0.1) is 0 Å². The quantitative estimate of drug-likeness (QED) is 0.573. The molecule has 0 aliphatic heterocycles. The first-order valence-corrected chi connectivity index (χ1v) is 6.91. The van der Waals surface area contributed by atoms with Crippen molar-refractivity contribution in [2.45, 2.75) is 13.3 Å². The molecular formula is C14H22N4O3. The molecule has 0 aromatic carbocycles. The molecule has 2 amide bonds. The van der Waals surface area contributed by atoms with Crippen molar-refractivity contribution < 1.29 is 14.3 Å². The van der Waals surface area contributed by atoms with Crippen molar-refractivity contribution in [3.8, 4) is 0 Å². The first-order chi connectivity index (χ1) is 10.2. The van der Waals surface area contributed by atoms with E-state index in [0.29, 0.717) is 13.2 Å². The number of amides is 2. The van der Waals surface area contributed by atoms with Gasteiger partial charge in [-0.05, 0) is 18.6 Å². The summed E-state index contributed by atoms with van der Waals surface area (Å²) >= 11 is 0. The van der Waals surface area contributed by atoms with Gasteiger partial charge < -0.3 is 20.7 Å². The number of pyridine rings is 1. The number of methoxy groups -OCH3 is 1. The fourth-order valence-electron chi connectivity index (χ4n) is 1.51. The monoisotopic (exact) mass is 294 g/mol. The van der Waals surface area contributed by atoms with E-state index in [9.17, 15) is 9.59 Å². The summed E-state index contributed by atoms with van der Waals surface area (Å²) in [6, 6.07) is 3.41. The van der Waals surface area contributed by atoms with Crippen LogP contribution in [-0.2, 0) is 9.53 Å². The third-order valence-corrected chi connectivity index (χ3v) is 2.61. The molecule has 1 aromatic heterocycles. The summed E-state index contributed by atoms with van der Waals surface area (Å²) in [7, 11) is 1.55. The molecule has 7 nitrogen and oxygen atoms in total. The molecule has 0 unspecified atom stereocenters. The third-order valence-electron chi connectivity index (χ3n) is 2.61. The van der Waals surface area contributed by atoms with Crippen molar-refractivity contribution in [2.75, 3.05) is 38.7 Å². The van der Waals surface area contributed by atoms with Crippen LogP contribution in [0.4, 0.5) is 5.69 Å². The van der Waals surface area contributed by atoms with Crippen LogP contribution in [0.1, 0.15) is 23.8 Å². The van der Waals surface area contributed by atoms with E-state index < -0.39 is 0 Å². The Labute approximate surface area is 124 Å². The van der Waals surface area contributed by atoms with Gasteiger partial charge in [0.05, 0.1) is 25.0 Å². The maximum Gasteiger partial charge on any atom is 0.270 e. The lowest BCUT2D eigenvalue weighted by Gasteiger charge is -2.07. The molecule has 0 fully saturated rings. The lowest BCUT2D eigenvalue weighted by atomic mass is 10.3. The number of hydrogen-bond acceptors (Lipinski definition) is 5. The van der Waals surface area contributed by atoms with Crippen molar-refractivity contribution >= 4 is 17.5 Å². The largest absolute Gasteiger partial charge is 0.384 e. The lowest BCUT2D eigenvalue weighted by Crippen LogP contribution is -2.38. The zero-order chi connectivity index (χ0) is 15.5. The fourth-order valence-corrected chi connectivity index (χ4v) is 1.51. The van der Waals surface area contributed by atoms with Crippen LogP contribution in [0.5, 0.6) is 0 Å². The van der Waals surface area contributed by atoms with Crippen molar-refractivity contribution in [1.82, 2.24) is 15.6 Å². The predicted octanol–water partition coefficient (Wildman–Crippen LogP) is 0.396. The van der Waals surface area contributed by atoms with Crippen LogP contribution in [0.2, 0.25) is 0 Å². The average Bonchev–Trinajstić information content (AvgIpc) is 2.51. The van der Waals surface area contributed by atoms with Crippen molar-refractivity contribution in [2.24, 2.45) is 0 Å². The summed E-state index contributed by atoms with van der Waals surface area (Å²) in [6.07, 6.45) is 2.61. The highest BCUT2D eigenvalue weighted by molar-refractivity contribution is 5.95. The average molecular weight is 294 g/mol. The minimum absolute atomic E-state index is 0.0833. The summed E-state index contributed by atoms with van der Waals surface area (Å²) < 4.78 is 4.81. The van der Waals surface area contributed by atoms with Gasteiger partial charge in [0, 0.05) is 20.2 Å². The number of ether oxygens (including phenoxy) is 1. The molecule has 0 radical (unpaired) electrons. The molecule has 0 aliphatic rings. The Morgan fingerprint density at radius 2 is 2.05 bits per heavy atom. The maximum atomic E-state index is 11.8. The lowest BCUT2D eigenvalue weighted by molar-refractivity contribution is -0.120. The van der Waals surface area contributed by atoms with E-state index in [0.717, 1.165) is 18.7 Å². The van der Waals surface area contributed by atoms with Crippen LogP contribution in [0.3, 0.4) is 0 Å².